The Morgan fingerprint density at radius 2 is 1.97 bits per heavy atom. The summed E-state index contributed by atoms with van der Waals surface area (Å²) in [6.07, 6.45) is 5.70. The third-order valence-electron chi connectivity index (χ3n) is 5.83. The van der Waals surface area contributed by atoms with Crippen LogP contribution in [0.1, 0.15) is 15.3 Å². The number of fused-ring (bicyclic) bond motifs is 3. The van der Waals surface area contributed by atoms with Crippen LogP contribution in [0.15, 0.2) is 46.4 Å². The molecule has 6 nitrogen and oxygen atoms in total. The van der Waals surface area contributed by atoms with Gasteiger partial charge in [0.1, 0.15) is 11.9 Å². The summed E-state index contributed by atoms with van der Waals surface area (Å²) in [5.74, 6) is 3.46. The second kappa shape index (κ2) is 7.80. The van der Waals surface area contributed by atoms with Crippen LogP contribution in [0.25, 0.3) is 0 Å². The number of benzene rings is 1. The topological polar surface area (TPSA) is 51.5 Å². The number of hydrogen-bond acceptors (Lipinski definition) is 6. The summed E-state index contributed by atoms with van der Waals surface area (Å²) >= 11 is 1.51. The Bertz CT molecular complexity index is 1070. The Morgan fingerprint density at radius 3 is 2.70 bits per heavy atom. The molecule has 3 aliphatic rings. The van der Waals surface area contributed by atoms with Crippen molar-refractivity contribution in [1.82, 2.24) is 9.80 Å². The van der Waals surface area contributed by atoms with E-state index >= 15 is 0 Å². The lowest BCUT2D eigenvalue weighted by atomic mass is 10.1. The molecule has 2 aromatic rings. The molecule has 0 aliphatic carbocycles. The van der Waals surface area contributed by atoms with Gasteiger partial charge in [-0.1, -0.05) is 36.3 Å². The normalized spacial score (nSPS) is 22.1. The number of terminal acetylenes is 1. The quantitative estimate of drug-likeness (QED) is 0.718. The van der Waals surface area contributed by atoms with E-state index in [1.54, 1.807) is 4.90 Å². The summed E-state index contributed by atoms with van der Waals surface area (Å²) < 4.78 is 0. The third kappa shape index (κ3) is 3.37. The van der Waals surface area contributed by atoms with Gasteiger partial charge in [0.15, 0.2) is 0 Å². The van der Waals surface area contributed by atoms with Crippen LogP contribution in [0, 0.1) is 12.3 Å². The van der Waals surface area contributed by atoms with E-state index in [1.807, 2.05) is 36.4 Å². The Labute approximate surface area is 180 Å². The molecule has 1 aromatic carbocycles. The van der Waals surface area contributed by atoms with E-state index < -0.39 is 0 Å². The molecule has 1 fully saturated rings. The van der Waals surface area contributed by atoms with Gasteiger partial charge < -0.3 is 4.90 Å². The van der Waals surface area contributed by atoms with Crippen LogP contribution in [-0.4, -0.2) is 79.6 Å². The van der Waals surface area contributed by atoms with Crippen molar-refractivity contribution < 1.29 is 4.79 Å². The summed E-state index contributed by atoms with van der Waals surface area (Å²) in [6, 6.07) is 11.6. The molecule has 4 heterocycles. The van der Waals surface area contributed by atoms with Crippen LogP contribution < -0.4 is 4.90 Å². The lowest BCUT2D eigenvalue weighted by Gasteiger charge is -2.33. The molecule has 30 heavy (non-hydrogen) atoms. The summed E-state index contributed by atoms with van der Waals surface area (Å²) in [7, 11) is 2.13. The zero-order chi connectivity index (χ0) is 20.7. The zero-order valence-electron chi connectivity index (χ0n) is 16.9. The minimum atomic E-state index is -0.376. The molecule has 3 aliphatic heterocycles. The van der Waals surface area contributed by atoms with Gasteiger partial charge in [0.2, 0.25) is 0 Å². The van der Waals surface area contributed by atoms with Crippen LogP contribution >= 0.6 is 11.3 Å². The number of rotatable bonds is 3. The fourth-order valence-corrected chi connectivity index (χ4v) is 5.14. The zero-order valence-corrected chi connectivity index (χ0v) is 17.7. The van der Waals surface area contributed by atoms with Crippen LogP contribution in [0.2, 0.25) is 0 Å². The largest absolute Gasteiger partial charge is 0.304 e. The van der Waals surface area contributed by atoms with Gasteiger partial charge in [-0.15, -0.1) is 17.8 Å². The molecule has 1 aromatic heterocycles. The average molecular weight is 418 g/mol. The van der Waals surface area contributed by atoms with E-state index in [0.717, 1.165) is 52.9 Å². The fraction of sp³-hybridized carbons (Fsp3) is 0.348. The molecule has 1 saturated heterocycles. The number of carbonyl (C=O) groups is 1. The van der Waals surface area contributed by atoms with Crippen molar-refractivity contribution >= 4 is 34.5 Å². The second-order valence-corrected chi connectivity index (χ2v) is 8.89. The molecule has 1 atom stereocenters. The van der Waals surface area contributed by atoms with Gasteiger partial charge in [0.25, 0.3) is 5.91 Å². The first kappa shape index (κ1) is 19.2. The highest BCUT2D eigenvalue weighted by molar-refractivity contribution is 7.15. The van der Waals surface area contributed by atoms with E-state index in [1.165, 1.54) is 11.3 Å². The number of likely N-dealkylation sites (N-methyl/N-ethyl adjacent to an activating group) is 1. The van der Waals surface area contributed by atoms with Crippen molar-refractivity contribution in [3.05, 3.63) is 51.7 Å². The van der Waals surface area contributed by atoms with E-state index in [0.29, 0.717) is 18.9 Å². The number of piperazine rings is 1. The molecule has 152 valence electrons. The van der Waals surface area contributed by atoms with Crippen molar-refractivity contribution in [3.63, 3.8) is 0 Å². The van der Waals surface area contributed by atoms with Gasteiger partial charge in [-0.05, 0) is 13.1 Å². The molecule has 1 unspecified atom stereocenters. The van der Waals surface area contributed by atoms with Crippen molar-refractivity contribution in [1.29, 1.82) is 0 Å². The van der Waals surface area contributed by atoms with Crippen LogP contribution in [0.5, 0.6) is 0 Å². The number of anilines is 1. The van der Waals surface area contributed by atoms with Crippen molar-refractivity contribution in [2.75, 3.05) is 51.2 Å². The van der Waals surface area contributed by atoms with E-state index in [4.69, 9.17) is 16.4 Å². The number of aliphatic imine (C=N–C) groups is 2. The summed E-state index contributed by atoms with van der Waals surface area (Å²) in [5, 5.41) is 0. The maximum absolute atomic E-state index is 13.4. The van der Waals surface area contributed by atoms with Gasteiger partial charge in [-0.3, -0.25) is 24.6 Å². The minimum Gasteiger partial charge on any atom is -0.304 e. The molecule has 7 heteroatoms. The average Bonchev–Trinajstić information content (AvgIpc) is 3.27. The van der Waals surface area contributed by atoms with Crippen LogP contribution in [0.3, 0.4) is 0 Å². The number of thiophene rings is 1. The first-order valence-corrected chi connectivity index (χ1v) is 11.0. The second-order valence-electron chi connectivity index (χ2n) is 7.84. The molecule has 5 rings (SSSR count). The highest BCUT2D eigenvalue weighted by Crippen LogP contribution is 2.37. The molecule has 0 spiro atoms. The molecule has 0 N–H and O–H groups in total. The first-order chi connectivity index (χ1) is 14.6. The SMILES string of the molecule is C#Cc1cc2c(s1)C(c1ccccc1)=NCC1=NC(CN3CCN(C)CC3)C(=O)N12. The highest BCUT2D eigenvalue weighted by atomic mass is 32.1. The highest BCUT2D eigenvalue weighted by Gasteiger charge is 2.40. The summed E-state index contributed by atoms with van der Waals surface area (Å²) in [6.45, 7) is 5.02. The number of amides is 1. The number of nitrogens with zero attached hydrogens (tertiary/aromatic N) is 5. The summed E-state index contributed by atoms with van der Waals surface area (Å²) in [4.78, 5) is 31.2. The first-order valence-electron chi connectivity index (χ1n) is 10.2. The summed E-state index contributed by atoms with van der Waals surface area (Å²) in [5.41, 5.74) is 2.71. The van der Waals surface area contributed by atoms with Gasteiger partial charge in [0.05, 0.1) is 27.7 Å². The van der Waals surface area contributed by atoms with Gasteiger partial charge in [-0.2, -0.15) is 0 Å². The van der Waals surface area contributed by atoms with Crippen molar-refractivity contribution in [2.24, 2.45) is 9.98 Å². The fourth-order valence-electron chi connectivity index (χ4n) is 4.16. The van der Waals surface area contributed by atoms with Crippen LogP contribution in [0.4, 0.5) is 5.69 Å². The lowest BCUT2D eigenvalue weighted by molar-refractivity contribution is -0.118. The Balaban J connectivity index is 1.49. The Morgan fingerprint density at radius 1 is 1.20 bits per heavy atom. The predicted molar refractivity (Wildman–Crippen MR) is 122 cm³/mol. The minimum absolute atomic E-state index is 0.0241. The number of hydrogen-bond donors (Lipinski definition) is 0. The van der Waals surface area contributed by atoms with Crippen molar-refractivity contribution in [3.8, 4) is 12.3 Å². The Kier molecular flexibility index (Phi) is 4.99. The molecule has 0 radical (unpaired) electrons. The Hall–Kier alpha value is -2.79. The van der Waals surface area contributed by atoms with Gasteiger partial charge >= 0.3 is 0 Å². The van der Waals surface area contributed by atoms with E-state index in [2.05, 4.69) is 22.8 Å². The smallest absolute Gasteiger partial charge is 0.258 e. The van der Waals surface area contributed by atoms with E-state index in [-0.39, 0.29) is 11.9 Å². The predicted octanol–water partition coefficient (Wildman–Crippen LogP) is 1.94. The lowest BCUT2D eigenvalue weighted by Crippen LogP contribution is -2.48. The van der Waals surface area contributed by atoms with Gasteiger partial charge in [0, 0.05) is 38.3 Å². The molecule has 0 saturated carbocycles. The molecular weight excluding hydrogens is 394 g/mol. The maximum Gasteiger partial charge on any atom is 0.258 e. The maximum atomic E-state index is 13.4. The van der Waals surface area contributed by atoms with Gasteiger partial charge in [-0.25, -0.2) is 0 Å². The third-order valence-corrected chi connectivity index (χ3v) is 6.89. The number of amidine groups is 1. The molecule has 0 bridgehead atoms. The monoisotopic (exact) mass is 417 g/mol. The molecular formula is C23H23N5OS. The van der Waals surface area contributed by atoms with Crippen LogP contribution in [-0.2, 0) is 4.79 Å². The molecule has 1 amide bonds. The van der Waals surface area contributed by atoms with Crippen molar-refractivity contribution in [2.45, 2.75) is 6.04 Å². The van der Waals surface area contributed by atoms with E-state index in [9.17, 15) is 4.79 Å². The number of carbonyl (C=O) groups excluding carboxylic acids is 1. The standard InChI is InChI=1S/C23H23N5OS/c1-3-17-13-19-22(30-17)21(16-7-5-4-6-8-16)24-14-20-25-18(23(29)28(19)20)15-27-11-9-26(2)10-12-27/h1,4-8,13,18H,9-12,14-15H2,2H3.